The van der Waals surface area contributed by atoms with Crippen LogP contribution in [0.4, 0.5) is 0 Å². The molecule has 1 aliphatic heterocycles. The smallest absolute Gasteiger partial charge is 0.304 e. The van der Waals surface area contributed by atoms with E-state index in [1.807, 2.05) is 23.9 Å². The second-order valence-electron chi connectivity index (χ2n) is 4.72. The Hall–Kier alpha value is -1.00. The molecule has 0 aliphatic carbocycles. The van der Waals surface area contributed by atoms with Crippen molar-refractivity contribution in [3.8, 4) is 0 Å². The summed E-state index contributed by atoms with van der Waals surface area (Å²) in [6.07, 6.45) is 0.249. The summed E-state index contributed by atoms with van der Waals surface area (Å²) < 4.78 is 0. The Morgan fingerprint density at radius 3 is 3.00 bits per heavy atom. The molecule has 4 heteroatoms. The van der Waals surface area contributed by atoms with E-state index in [-0.39, 0.29) is 12.5 Å². The van der Waals surface area contributed by atoms with Crippen LogP contribution in [0.25, 0.3) is 0 Å². The molecule has 2 rings (SSSR count). The zero-order valence-corrected chi connectivity index (χ0v) is 11.4. The summed E-state index contributed by atoms with van der Waals surface area (Å²) in [5.74, 6) is 1.33. The molecule has 98 valence electrons. The third-order valence-electron chi connectivity index (χ3n) is 3.39. The molecular weight excluding hydrogens is 246 g/mol. The van der Waals surface area contributed by atoms with Crippen LogP contribution >= 0.6 is 11.8 Å². The first-order chi connectivity index (χ1) is 8.66. The number of nitrogens with zero attached hydrogens (tertiary/aromatic N) is 1. The van der Waals surface area contributed by atoms with Crippen molar-refractivity contribution in [2.75, 3.05) is 18.1 Å². The molecule has 0 amide bonds. The SMILES string of the molecule is Cc1ccccc1CN1CCSCC1CC(=O)O. The summed E-state index contributed by atoms with van der Waals surface area (Å²) >= 11 is 1.86. The molecule has 1 aromatic rings. The van der Waals surface area contributed by atoms with Crippen LogP contribution in [-0.2, 0) is 11.3 Å². The van der Waals surface area contributed by atoms with Crippen LogP contribution in [0.5, 0.6) is 0 Å². The third-order valence-corrected chi connectivity index (χ3v) is 4.49. The Morgan fingerprint density at radius 2 is 2.28 bits per heavy atom. The van der Waals surface area contributed by atoms with Gasteiger partial charge in [0.25, 0.3) is 0 Å². The van der Waals surface area contributed by atoms with E-state index >= 15 is 0 Å². The van der Waals surface area contributed by atoms with Gasteiger partial charge in [0.05, 0.1) is 6.42 Å². The number of rotatable bonds is 4. The summed E-state index contributed by atoms with van der Waals surface area (Å²) in [6, 6.07) is 8.50. The van der Waals surface area contributed by atoms with Crippen LogP contribution in [0.3, 0.4) is 0 Å². The molecule has 0 spiro atoms. The molecule has 18 heavy (non-hydrogen) atoms. The molecule has 1 N–H and O–H groups in total. The highest BCUT2D eigenvalue weighted by Gasteiger charge is 2.25. The van der Waals surface area contributed by atoms with Crippen LogP contribution in [0.2, 0.25) is 0 Å². The van der Waals surface area contributed by atoms with Crippen LogP contribution in [0, 0.1) is 6.92 Å². The average Bonchev–Trinajstić information content (AvgIpc) is 2.34. The van der Waals surface area contributed by atoms with Crippen LogP contribution in [0.1, 0.15) is 17.5 Å². The van der Waals surface area contributed by atoms with Gasteiger partial charge in [0.15, 0.2) is 0 Å². The fraction of sp³-hybridized carbons (Fsp3) is 0.500. The van der Waals surface area contributed by atoms with Crippen molar-refractivity contribution < 1.29 is 9.90 Å². The number of carbonyl (C=O) groups is 1. The maximum Gasteiger partial charge on any atom is 0.304 e. The van der Waals surface area contributed by atoms with Crippen molar-refractivity contribution in [1.82, 2.24) is 4.90 Å². The maximum atomic E-state index is 10.9. The highest BCUT2D eigenvalue weighted by Crippen LogP contribution is 2.22. The van der Waals surface area contributed by atoms with E-state index in [0.29, 0.717) is 0 Å². The summed E-state index contributed by atoms with van der Waals surface area (Å²) in [5.41, 5.74) is 2.59. The topological polar surface area (TPSA) is 40.5 Å². The highest BCUT2D eigenvalue weighted by molar-refractivity contribution is 7.99. The van der Waals surface area contributed by atoms with E-state index in [2.05, 4.69) is 24.0 Å². The van der Waals surface area contributed by atoms with Gasteiger partial charge in [-0.2, -0.15) is 11.8 Å². The number of hydrogen-bond acceptors (Lipinski definition) is 3. The predicted octanol–water partition coefficient (Wildman–Crippen LogP) is 2.39. The molecule has 1 aliphatic rings. The number of carboxylic acid groups (broad SMARTS) is 1. The maximum absolute atomic E-state index is 10.9. The summed E-state index contributed by atoms with van der Waals surface area (Å²) in [5, 5.41) is 8.97. The fourth-order valence-electron chi connectivity index (χ4n) is 2.29. The van der Waals surface area contributed by atoms with Crippen molar-refractivity contribution in [3.63, 3.8) is 0 Å². The van der Waals surface area contributed by atoms with Gasteiger partial charge in [0.2, 0.25) is 0 Å². The van der Waals surface area contributed by atoms with Gasteiger partial charge in [-0.25, -0.2) is 0 Å². The van der Waals surface area contributed by atoms with E-state index in [9.17, 15) is 4.79 Å². The normalized spacial score (nSPS) is 20.8. The first-order valence-corrected chi connectivity index (χ1v) is 7.40. The lowest BCUT2D eigenvalue weighted by molar-refractivity contribution is -0.138. The molecule has 1 saturated heterocycles. The largest absolute Gasteiger partial charge is 0.481 e. The third kappa shape index (κ3) is 3.50. The number of hydrogen-bond donors (Lipinski definition) is 1. The van der Waals surface area contributed by atoms with E-state index < -0.39 is 5.97 Å². The zero-order chi connectivity index (χ0) is 13.0. The van der Waals surface area contributed by atoms with E-state index in [1.165, 1.54) is 11.1 Å². The van der Waals surface area contributed by atoms with Gasteiger partial charge in [-0.15, -0.1) is 0 Å². The summed E-state index contributed by atoms with van der Waals surface area (Å²) in [6.45, 7) is 3.96. The lowest BCUT2D eigenvalue weighted by Gasteiger charge is -2.34. The molecule has 0 radical (unpaired) electrons. The summed E-state index contributed by atoms with van der Waals surface area (Å²) in [4.78, 5) is 13.2. The first kappa shape index (κ1) is 13.4. The average molecular weight is 265 g/mol. The molecular formula is C14H19NO2S. The summed E-state index contributed by atoms with van der Waals surface area (Å²) in [7, 11) is 0. The second-order valence-corrected chi connectivity index (χ2v) is 5.87. The fourth-order valence-corrected chi connectivity index (χ4v) is 3.42. The van der Waals surface area contributed by atoms with E-state index in [1.54, 1.807) is 0 Å². The van der Waals surface area contributed by atoms with Gasteiger partial charge >= 0.3 is 5.97 Å². The van der Waals surface area contributed by atoms with Gasteiger partial charge in [-0.1, -0.05) is 24.3 Å². The number of benzene rings is 1. The van der Waals surface area contributed by atoms with Crippen LogP contribution in [0.15, 0.2) is 24.3 Å². The Kier molecular flexibility index (Phi) is 4.66. The zero-order valence-electron chi connectivity index (χ0n) is 10.6. The standard InChI is InChI=1S/C14H19NO2S/c1-11-4-2-3-5-12(11)9-15-6-7-18-10-13(15)8-14(16)17/h2-5,13H,6-10H2,1H3,(H,16,17). The molecule has 3 nitrogen and oxygen atoms in total. The molecule has 1 aromatic carbocycles. The quantitative estimate of drug-likeness (QED) is 0.907. The molecule has 0 bridgehead atoms. The Morgan fingerprint density at radius 1 is 1.50 bits per heavy atom. The van der Waals surface area contributed by atoms with Crippen LogP contribution < -0.4 is 0 Å². The van der Waals surface area contributed by atoms with E-state index in [4.69, 9.17) is 5.11 Å². The molecule has 1 atom stereocenters. The number of thioether (sulfide) groups is 1. The second kappa shape index (κ2) is 6.25. The van der Waals surface area contributed by atoms with Crippen molar-refractivity contribution in [1.29, 1.82) is 0 Å². The number of carboxylic acids is 1. The van der Waals surface area contributed by atoms with Gasteiger partial charge < -0.3 is 5.11 Å². The van der Waals surface area contributed by atoms with E-state index in [0.717, 1.165) is 24.6 Å². The minimum atomic E-state index is -0.697. The van der Waals surface area contributed by atoms with Crippen molar-refractivity contribution in [2.45, 2.75) is 25.9 Å². The molecule has 1 fully saturated rings. The Bertz CT molecular complexity index is 422. The minimum absolute atomic E-state index is 0.167. The Labute approximate surface area is 112 Å². The molecule has 1 heterocycles. The van der Waals surface area contributed by atoms with Crippen LogP contribution in [-0.4, -0.2) is 40.1 Å². The molecule has 1 unspecified atom stereocenters. The van der Waals surface area contributed by atoms with Crippen molar-refractivity contribution >= 4 is 17.7 Å². The first-order valence-electron chi connectivity index (χ1n) is 6.25. The highest BCUT2D eigenvalue weighted by atomic mass is 32.2. The Balaban J connectivity index is 2.05. The molecule has 0 saturated carbocycles. The van der Waals surface area contributed by atoms with Gasteiger partial charge in [-0.05, 0) is 18.1 Å². The van der Waals surface area contributed by atoms with Gasteiger partial charge in [0.1, 0.15) is 0 Å². The minimum Gasteiger partial charge on any atom is -0.481 e. The van der Waals surface area contributed by atoms with Crippen molar-refractivity contribution in [2.24, 2.45) is 0 Å². The van der Waals surface area contributed by atoms with Crippen molar-refractivity contribution in [3.05, 3.63) is 35.4 Å². The number of aliphatic carboxylic acids is 1. The predicted molar refractivity (Wildman–Crippen MR) is 75.0 cm³/mol. The number of aryl methyl sites for hydroxylation is 1. The lowest BCUT2D eigenvalue weighted by atomic mass is 10.1. The lowest BCUT2D eigenvalue weighted by Crippen LogP contribution is -2.43. The monoisotopic (exact) mass is 265 g/mol. The van der Waals surface area contributed by atoms with Gasteiger partial charge in [0, 0.05) is 30.6 Å². The molecule has 0 aromatic heterocycles. The van der Waals surface area contributed by atoms with Gasteiger partial charge in [-0.3, -0.25) is 9.69 Å².